The summed E-state index contributed by atoms with van der Waals surface area (Å²) < 4.78 is 10.4. The molecule has 3 rings (SSSR count). The summed E-state index contributed by atoms with van der Waals surface area (Å²) in [4.78, 5) is 16.6. The van der Waals surface area contributed by atoms with E-state index < -0.39 is 15.7 Å². The second-order valence-corrected chi connectivity index (χ2v) is 10.7. The molecule has 150 valence electrons. The number of aromatic nitrogens is 1. The Morgan fingerprint density at radius 1 is 1.11 bits per heavy atom. The molecular formula is C18H17Cl3IN3O3. The van der Waals surface area contributed by atoms with Crippen molar-refractivity contribution in [3.05, 3.63) is 45.7 Å². The molecule has 1 aromatic heterocycles. The van der Waals surface area contributed by atoms with Crippen molar-refractivity contribution in [1.29, 1.82) is 0 Å². The van der Waals surface area contributed by atoms with E-state index in [9.17, 15) is 4.79 Å². The van der Waals surface area contributed by atoms with Gasteiger partial charge >= 0.3 is 11.9 Å². The highest BCUT2D eigenvalue weighted by Gasteiger charge is 2.59. The van der Waals surface area contributed by atoms with E-state index in [1.54, 1.807) is 30.5 Å². The fourth-order valence-electron chi connectivity index (χ4n) is 2.45. The number of alkyl halides is 3. The number of hydrogen-bond acceptors (Lipinski definition) is 4. The Morgan fingerprint density at radius 2 is 1.79 bits per heavy atom. The molecule has 10 heteroatoms. The SMILES string of the molecule is CC(C)(C)c1ccc2c(c1)OC(NC(=O)Nc1ccc(I)cn1)(C(Cl)(Cl)Cl)O2. The van der Waals surface area contributed by atoms with E-state index >= 15 is 0 Å². The van der Waals surface area contributed by atoms with Gasteiger partial charge in [-0.3, -0.25) is 10.6 Å². The minimum absolute atomic E-state index is 0.120. The molecule has 0 aliphatic carbocycles. The maximum atomic E-state index is 12.5. The zero-order valence-corrected chi connectivity index (χ0v) is 19.6. The molecule has 1 aliphatic heterocycles. The van der Waals surface area contributed by atoms with Crippen molar-refractivity contribution in [1.82, 2.24) is 10.3 Å². The van der Waals surface area contributed by atoms with Gasteiger partial charge in [0.1, 0.15) is 5.82 Å². The third-order valence-corrected chi connectivity index (χ3v) is 5.32. The van der Waals surface area contributed by atoms with E-state index in [1.165, 1.54) is 0 Å². The van der Waals surface area contributed by atoms with Crippen LogP contribution in [-0.4, -0.2) is 20.7 Å². The Morgan fingerprint density at radius 3 is 2.36 bits per heavy atom. The summed E-state index contributed by atoms with van der Waals surface area (Å²) in [6.45, 7) is 6.19. The highest BCUT2D eigenvalue weighted by molar-refractivity contribution is 14.1. The number of pyridine rings is 1. The van der Waals surface area contributed by atoms with Crippen molar-refractivity contribution >= 4 is 69.2 Å². The van der Waals surface area contributed by atoms with Crippen LogP contribution in [0.2, 0.25) is 0 Å². The number of ether oxygens (including phenoxy) is 2. The first-order valence-electron chi connectivity index (χ1n) is 8.20. The summed E-state index contributed by atoms with van der Waals surface area (Å²) in [6.07, 6.45) is 1.60. The van der Waals surface area contributed by atoms with Gasteiger partial charge in [0.15, 0.2) is 11.5 Å². The molecule has 0 bridgehead atoms. The van der Waals surface area contributed by atoms with Crippen LogP contribution >= 0.6 is 57.4 Å². The number of halogens is 4. The molecule has 2 N–H and O–H groups in total. The van der Waals surface area contributed by atoms with Crippen LogP contribution in [0.4, 0.5) is 10.6 Å². The quantitative estimate of drug-likeness (QED) is 0.373. The molecule has 2 aromatic rings. The Bertz CT molecular complexity index is 898. The lowest BCUT2D eigenvalue weighted by Crippen LogP contribution is -2.64. The molecule has 1 aromatic carbocycles. The van der Waals surface area contributed by atoms with Gasteiger partial charge < -0.3 is 9.47 Å². The van der Waals surface area contributed by atoms with E-state index in [0.717, 1.165) is 9.13 Å². The molecule has 2 heterocycles. The molecular weight excluding hydrogens is 539 g/mol. The normalized spacial score (nSPS) is 18.7. The molecule has 0 fully saturated rings. The van der Waals surface area contributed by atoms with Crippen LogP contribution in [0.3, 0.4) is 0 Å². The fraction of sp³-hybridized carbons (Fsp3) is 0.333. The van der Waals surface area contributed by atoms with Crippen molar-refractivity contribution in [3.8, 4) is 11.5 Å². The topological polar surface area (TPSA) is 72.5 Å². The maximum absolute atomic E-state index is 12.5. The van der Waals surface area contributed by atoms with Crippen LogP contribution in [0.25, 0.3) is 0 Å². The number of urea groups is 1. The summed E-state index contributed by atoms with van der Waals surface area (Å²) in [6, 6.07) is 8.14. The highest BCUT2D eigenvalue weighted by Crippen LogP contribution is 2.49. The summed E-state index contributed by atoms with van der Waals surface area (Å²) >= 11 is 20.4. The lowest BCUT2D eigenvalue weighted by molar-refractivity contribution is -0.0922. The van der Waals surface area contributed by atoms with Crippen molar-refractivity contribution in [2.75, 3.05) is 5.32 Å². The maximum Gasteiger partial charge on any atom is 0.389 e. The second-order valence-electron chi connectivity index (χ2n) is 7.17. The first kappa shape index (κ1) is 21.5. The van der Waals surface area contributed by atoms with Gasteiger partial charge in [0.2, 0.25) is 0 Å². The molecule has 0 saturated heterocycles. The first-order valence-corrected chi connectivity index (χ1v) is 10.4. The summed E-state index contributed by atoms with van der Waals surface area (Å²) in [5, 5.41) is 5.02. The number of anilines is 1. The monoisotopic (exact) mass is 555 g/mol. The van der Waals surface area contributed by atoms with Gasteiger partial charge in [-0.25, -0.2) is 9.78 Å². The van der Waals surface area contributed by atoms with Crippen molar-refractivity contribution in [3.63, 3.8) is 0 Å². The number of benzene rings is 1. The van der Waals surface area contributed by atoms with E-state index in [-0.39, 0.29) is 5.41 Å². The Labute approximate surface area is 191 Å². The Hall–Kier alpha value is -1.16. The van der Waals surface area contributed by atoms with Gasteiger partial charge in [-0.15, -0.1) is 0 Å². The van der Waals surface area contributed by atoms with Gasteiger partial charge in [0.05, 0.1) is 0 Å². The Balaban J connectivity index is 1.84. The number of carbonyl (C=O) groups is 1. The highest BCUT2D eigenvalue weighted by atomic mass is 127. The minimum Gasteiger partial charge on any atom is -0.428 e. The lowest BCUT2D eigenvalue weighted by atomic mass is 9.87. The molecule has 0 radical (unpaired) electrons. The average Bonchev–Trinajstić information content (AvgIpc) is 2.94. The summed E-state index contributed by atoms with van der Waals surface area (Å²) in [7, 11) is 0. The number of amides is 2. The average molecular weight is 557 g/mol. The van der Waals surface area contributed by atoms with Gasteiger partial charge in [0.25, 0.3) is 3.79 Å². The molecule has 2 amide bonds. The molecule has 0 saturated carbocycles. The zero-order valence-electron chi connectivity index (χ0n) is 15.1. The number of fused-ring (bicyclic) bond motifs is 1. The molecule has 1 unspecified atom stereocenters. The number of nitrogens with zero attached hydrogens (tertiary/aromatic N) is 1. The van der Waals surface area contributed by atoms with E-state index in [1.807, 2.05) is 6.07 Å². The second kappa shape index (κ2) is 7.59. The smallest absolute Gasteiger partial charge is 0.389 e. The zero-order chi connectivity index (χ0) is 20.7. The number of hydrogen-bond donors (Lipinski definition) is 2. The van der Waals surface area contributed by atoms with Crippen LogP contribution in [0.1, 0.15) is 26.3 Å². The molecule has 28 heavy (non-hydrogen) atoms. The van der Waals surface area contributed by atoms with E-state index in [4.69, 9.17) is 44.3 Å². The summed E-state index contributed by atoms with van der Waals surface area (Å²) in [5.74, 6) is -0.995. The first-order chi connectivity index (χ1) is 12.9. The molecule has 1 atom stereocenters. The standard InChI is InChI=1S/C18H17Cl3IN3O3/c1-16(2,3)10-4-6-12-13(8-10)28-18(27-12,17(19,20)21)25-15(26)24-14-7-5-11(22)9-23-14/h4-9H,1-3H3,(H2,23,24,25,26). The van der Waals surface area contributed by atoms with Crippen molar-refractivity contribution in [2.24, 2.45) is 0 Å². The van der Waals surface area contributed by atoms with Gasteiger partial charge in [0, 0.05) is 9.77 Å². The van der Waals surface area contributed by atoms with Crippen LogP contribution in [-0.2, 0) is 5.41 Å². The number of nitrogens with one attached hydrogen (secondary N) is 2. The van der Waals surface area contributed by atoms with Crippen molar-refractivity contribution in [2.45, 2.75) is 35.9 Å². The number of rotatable bonds is 2. The molecule has 6 nitrogen and oxygen atoms in total. The summed E-state index contributed by atoms with van der Waals surface area (Å²) in [5.41, 5.74) is 0.882. The molecule has 1 aliphatic rings. The van der Waals surface area contributed by atoms with E-state index in [2.05, 4.69) is 59.0 Å². The molecule has 0 spiro atoms. The minimum atomic E-state index is -2.12. The van der Waals surface area contributed by atoms with Crippen LogP contribution < -0.4 is 20.1 Å². The number of carbonyl (C=O) groups excluding carboxylic acids is 1. The third kappa shape index (κ3) is 4.53. The van der Waals surface area contributed by atoms with Gasteiger partial charge in [-0.05, 0) is 57.8 Å². The lowest BCUT2D eigenvalue weighted by Gasteiger charge is -2.33. The van der Waals surface area contributed by atoms with Gasteiger partial charge in [-0.1, -0.05) is 61.6 Å². The predicted octanol–water partition coefficient (Wildman–Crippen LogP) is 5.60. The van der Waals surface area contributed by atoms with E-state index in [0.29, 0.717) is 17.3 Å². The fourth-order valence-corrected chi connectivity index (χ4v) is 3.15. The predicted molar refractivity (Wildman–Crippen MR) is 119 cm³/mol. The van der Waals surface area contributed by atoms with Gasteiger partial charge in [-0.2, -0.15) is 0 Å². The van der Waals surface area contributed by atoms with Crippen LogP contribution in [0, 0.1) is 3.57 Å². The Kier molecular flexibility index (Phi) is 5.84. The van der Waals surface area contributed by atoms with Crippen LogP contribution in [0.15, 0.2) is 36.5 Å². The van der Waals surface area contributed by atoms with Crippen LogP contribution in [0.5, 0.6) is 11.5 Å². The van der Waals surface area contributed by atoms with Crippen molar-refractivity contribution < 1.29 is 14.3 Å². The largest absolute Gasteiger partial charge is 0.428 e. The third-order valence-electron chi connectivity index (χ3n) is 3.94.